The molecular weight excluding hydrogens is 849 g/mol. The Kier molecular flexibility index (Phi) is 46.3. The van der Waals surface area contributed by atoms with Crippen molar-refractivity contribution in [2.45, 2.75) is 315 Å². The molecular formula is C60H108O8. The maximum atomic E-state index is 13.1. The molecule has 0 spiro atoms. The molecule has 0 aromatic heterocycles. The van der Waals surface area contributed by atoms with Gasteiger partial charge in [-0.2, -0.15) is 0 Å². The van der Waals surface area contributed by atoms with Crippen molar-refractivity contribution in [3.05, 3.63) is 36.5 Å². The molecule has 396 valence electrons. The predicted octanol–water partition coefficient (Wildman–Crippen LogP) is 17.2. The van der Waals surface area contributed by atoms with E-state index in [2.05, 4.69) is 57.2 Å². The minimum Gasteiger partial charge on any atom is -0.463 e. The Bertz CT molecular complexity index is 1230. The van der Waals surface area contributed by atoms with Gasteiger partial charge in [0.05, 0.1) is 6.61 Å². The Morgan fingerprint density at radius 3 is 1.07 bits per heavy atom. The van der Waals surface area contributed by atoms with Crippen LogP contribution >= 0.6 is 0 Å². The van der Waals surface area contributed by atoms with Crippen LogP contribution in [0.2, 0.25) is 0 Å². The van der Waals surface area contributed by atoms with Crippen LogP contribution in [0.25, 0.3) is 0 Å². The number of hydrogen-bond donors (Lipinski definition) is 1. The Hall–Kier alpha value is -2.45. The minimum atomic E-state index is -1.22. The lowest BCUT2D eigenvalue weighted by atomic mass is 10.1. The molecule has 8 nitrogen and oxygen atoms in total. The summed E-state index contributed by atoms with van der Waals surface area (Å²) in [6.45, 7) is 6.51. The van der Waals surface area contributed by atoms with Crippen molar-refractivity contribution in [3.8, 4) is 0 Å². The number of esters is 3. The number of aliphatic hydroxyl groups is 1. The maximum Gasteiger partial charge on any atom is 0.306 e. The Balaban J connectivity index is 2.45. The first kappa shape index (κ1) is 63.6. The van der Waals surface area contributed by atoms with Crippen LogP contribution in [0, 0.1) is 0 Å². The second-order valence-corrected chi connectivity index (χ2v) is 20.0. The number of carbonyl (C=O) groups is 3. The number of aliphatic hydroxyl groups excluding tert-OH is 1. The molecule has 1 saturated heterocycles. The quantitative estimate of drug-likeness (QED) is 0.0278. The van der Waals surface area contributed by atoms with Crippen molar-refractivity contribution in [3.63, 3.8) is 0 Å². The second-order valence-electron chi connectivity index (χ2n) is 20.0. The molecule has 0 bridgehead atoms. The summed E-state index contributed by atoms with van der Waals surface area (Å²) in [6.07, 6.45) is 56.9. The average Bonchev–Trinajstić information content (AvgIpc) is 3.72. The van der Waals surface area contributed by atoms with Gasteiger partial charge in [-0.3, -0.25) is 14.4 Å². The van der Waals surface area contributed by atoms with Gasteiger partial charge in [0.2, 0.25) is 0 Å². The lowest BCUT2D eigenvalue weighted by molar-refractivity contribution is -0.170. The van der Waals surface area contributed by atoms with Crippen molar-refractivity contribution < 1.29 is 38.4 Å². The van der Waals surface area contributed by atoms with E-state index in [-0.39, 0.29) is 38.0 Å². The Morgan fingerprint density at radius 1 is 0.426 bits per heavy atom. The first-order chi connectivity index (χ1) is 33.4. The fourth-order valence-corrected chi connectivity index (χ4v) is 8.99. The highest BCUT2D eigenvalue weighted by molar-refractivity contribution is 5.71. The van der Waals surface area contributed by atoms with Crippen LogP contribution < -0.4 is 0 Å². The molecule has 1 rings (SSSR count). The van der Waals surface area contributed by atoms with Gasteiger partial charge >= 0.3 is 17.9 Å². The molecule has 0 aromatic carbocycles. The summed E-state index contributed by atoms with van der Waals surface area (Å²) < 4.78 is 23.1. The molecule has 8 heteroatoms. The van der Waals surface area contributed by atoms with Crippen LogP contribution in [0.4, 0.5) is 0 Å². The summed E-state index contributed by atoms with van der Waals surface area (Å²) in [6, 6.07) is 0. The summed E-state index contributed by atoms with van der Waals surface area (Å²) in [4.78, 5) is 38.8. The number of ether oxygens (including phenoxy) is 4. The van der Waals surface area contributed by atoms with E-state index >= 15 is 0 Å². The van der Waals surface area contributed by atoms with Crippen LogP contribution in [-0.4, -0.2) is 60.6 Å². The zero-order valence-corrected chi connectivity index (χ0v) is 44.7. The van der Waals surface area contributed by atoms with E-state index < -0.39 is 30.4 Å². The van der Waals surface area contributed by atoms with Crippen LogP contribution in [0.1, 0.15) is 290 Å². The van der Waals surface area contributed by atoms with E-state index in [1.807, 2.05) is 0 Å². The highest BCUT2D eigenvalue weighted by atomic mass is 16.6. The Labute approximate surface area is 419 Å². The van der Waals surface area contributed by atoms with Gasteiger partial charge in [-0.05, 0) is 96.3 Å². The van der Waals surface area contributed by atoms with Gasteiger partial charge in [-0.1, -0.05) is 211 Å². The first-order valence-electron chi connectivity index (χ1n) is 29.2. The standard InChI is InChI=1S/C60H108O8/c1-4-7-10-13-16-19-22-25-28-31-34-37-40-43-46-49-56(62)65-52-54(61)59-60(68-58(64)51-48-45-42-39-36-33-30-27-24-21-18-15-12-9-6-3)55(53-66-59)67-57(63)50-47-44-41-38-35-32-29-26-23-20-17-14-11-8-5-2/h25-30,54-55,59-61H,4-24,31-53H2,1-3H3/b28-25-,29-26-,30-27+/t54-,55+,59?,60-/m1/s1. The molecule has 1 unspecified atom stereocenters. The maximum absolute atomic E-state index is 13.1. The highest BCUT2D eigenvalue weighted by Gasteiger charge is 2.46. The molecule has 0 radical (unpaired) electrons. The van der Waals surface area contributed by atoms with Gasteiger partial charge < -0.3 is 24.1 Å². The largest absolute Gasteiger partial charge is 0.463 e. The molecule has 0 amide bonds. The summed E-state index contributed by atoms with van der Waals surface area (Å²) in [7, 11) is 0. The number of rotatable bonds is 50. The summed E-state index contributed by atoms with van der Waals surface area (Å²) in [5.41, 5.74) is 0. The first-order valence-corrected chi connectivity index (χ1v) is 29.2. The molecule has 0 aliphatic carbocycles. The van der Waals surface area contributed by atoms with Gasteiger partial charge in [0.1, 0.15) is 18.8 Å². The zero-order valence-electron chi connectivity index (χ0n) is 44.7. The molecule has 1 fully saturated rings. The van der Waals surface area contributed by atoms with Crippen LogP contribution in [0.3, 0.4) is 0 Å². The van der Waals surface area contributed by atoms with E-state index in [0.29, 0.717) is 12.8 Å². The molecule has 1 aliphatic rings. The molecule has 4 atom stereocenters. The third kappa shape index (κ3) is 40.3. The van der Waals surface area contributed by atoms with Crippen molar-refractivity contribution in [1.29, 1.82) is 0 Å². The monoisotopic (exact) mass is 957 g/mol. The van der Waals surface area contributed by atoms with Crippen LogP contribution in [0.5, 0.6) is 0 Å². The number of unbranched alkanes of at least 4 members (excludes halogenated alkanes) is 33. The van der Waals surface area contributed by atoms with E-state index in [1.165, 1.54) is 141 Å². The predicted molar refractivity (Wildman–Crippen MR) is 285 cm³/mol. The van der Waals surface area contributed by atoms with E-state index in [9.17, 15) is 19.5 Å². The van der Waals surface area contributed by atoms with Crippen molar-refractivity contribution >= 4 is 17.9 Å². The second kappa shape index (κ2) is 49.5. The highest BCUT2D eigenvalue weighted by Crippen LogP contribution is 2.26. The topological polar surface area (TPSA) is 108 Å². The van der Waals surface area contributed by atoms with E-state index in [0.717, 1.165) is 103 Å². The summed E-state index contributed by atoms with van der Waals surface area (Å²) in [5.74, 6) is -1.11. The molecule has 0 saturated carbocycles. The average molecular weight is 958 g/mol. The van der Waals surface area contributed by atoms with Gasteiger partial charge in [-0.15, -0.1) is 0 Å². The van der Waals surface area contributed by atoms with Crippen molar-refractivity contribution in [2.24, 2.45) is 0 Å². The van der Waals surface area contributed by atoms with Gasteiger partial charge in [-0.25, -0.2) is 0 Å². The lowest BCUT2D eigenvalue weighted by Crippen LogP contribution is -2.45. The number of carbonyl (C=O) groups excluding carboxylic acids is 3. The smallest absolute Gasteiger partial charge is 0.306 e. The van der Waals surface area contributed by atoms with Crippen LogP contribution in [0.15, 0.2) is 36.5 Å². The molecule has 1 N–H and O–H groups in total. The SMILES string of the molecule is CCCCCCCC/C=C\CCCCCCCC(=O)OC[C@@H](O)C1OC[C@H](OC(=O)CCCCCCC/C=C\CCCCCCCC)[C@H]1OC(=O)CCCCCCC/C=C/CCCCCCCC. The van der Waals surface area contributed by atoms with Crippen molar-refractivity contribution in [2.75, 3.05) is 13.2 Å². The lowest BCUT2D eigenvalue weighted by Gasteiger charge is -2.26. The fraction of sp³-hybridized carbons (Fsp3) is 0.850. The number of hydrogen-bond acceptors (Lipinski definition) is 8. The zero-order chi connectivity index (χ0) is 49.2. The fourth-order valence-electron chi connectivity index (χ4n) is 8.99. The minimum absolute atomic E-state index is 0.00799. The van der Waals surface area contributed by atoms with E-state index in [4.69, 9.17) is 18.9 Å². The summed E-state index contributed by atoms with van der Waals surface area (Å²) in [5, 5.41) is 11.2. The van der Waals surface area contributed by atoms with Gasteiger partial charge in [0.15, 0.2) is 12.2 Å². The number of allylic oxidation sites excluding steroid dienone is 6. The normalized spacial score (nSPS) is 16.7. The third-order valence-electron chi connectivity index (χ3n) is 13.4. The molecule has 1 heterocycles. The third-order valence-corrected chi connectivity index (χ3v) is 13.4. The molecule has 0 aromatic rings. The van der Waals surface area contributed by atoms with Crippen molar-refractivity contribution in [1.82, 2.24) is 0 Å². The van der Waals surface area contributed by atoms with Gasteiger partial charge in [0, 0.05) is 19.3 Å². The Morgan fingerprint density at radius 2 is 0.721 bits per heavy atom. The van der Waals surface area contributed by atoms with Crippen LogP contribution in [-0.2, 0) is 33.3 Å². The van der Waals surface area contributed by atoms with Gasteiger partial charge in [0.25, 0.3) is 0 Å². The molecule has 68 heavy (non-hydrogen) atoms. The summed E-state index contributed by atoms with van der Waals surface area (Å²) >= 11 is 0. The molecule has 1 aliphatic heterocycles. The van der Waals surface area contributed by atoms with E-state index in [1.54, 1.807) is 0 Å².